The van der Waals surface area contributed by atoms with Crippen molar-refractivity contribution in [2.75, 3.05) is 5.32 Å². The lowest BCUT2D eigenvalue weighted by Crippen LogP contribution is -2.62. The van der Waals surface area contributed by atoms with Crippen molar-refractivity contribution in [2.45, 2.75) is 31.8 Å². The van der Waals surface area contributed by atoms with Crippen LogP contribution in [0.3, 0.4) is 0 Å². The number of carbonyl (C=O) groups excluding carboxylic acids is 2. The summed E-state index contributed by atoms with van der Waals surface area (Å²) in [7, 11) is 0. The van der Waals surface area contributed by atoms with E-state index < -0.39 is 5.54 Å². The summed E-state index contributed by atoms with van der Waals surface area (Å²) < 4.78 is 0. The number of hydrogen-bond acceptors (Lipinski definition) is 2. The molecule has 0 saturated carbocycles. The Morgan fingerprint density at radius 3 is 2.65 bits per heavy atom. The number of aromatic amines is 1. The van der Waals surface area contributed by atoms with Crippen LogP contribution in [-0.2, 0) is 9.59 Å². The highest BCUT2D eigenvalue weighted by Gasteiger charge is 2.49. The molecule has 0 spiro atoms. The maximum absolute atomic E-state index is 13.0. The van der Waals surface area contributed by atoms with E-state index >= 15 is 0 Å². The second-order valence-electron chi connectivity index (χ2n) is 7.19. The Bertz CT molecular complexity index is 975. The average molecular weight is 347 g/mol. The fourth-order valence-electron chi connectivity index (χ4n) is 3.58. The second kappa shape index (κ2) is 6.02. The standard InChI is InChI=1S/C21H21N3O2/c1-21(2,24-18(13-19(24)25)14-6-4-3-5-7-14)20(26)23-16-8-9-17-15(12-16)10-11-22-17/h3-12,18,22H,13H2,1-2H3,(H,23,26)/t18-/m1/s1. The van der Waals surface area contributed by atoms with Crippen LogP contribution in [0, 0.1) is 0 Å². The molecule has 4 rings (SSSR count). The Kier molecular flexibility index (Phi) is 3.80. The van der Waals surface area contributed by atoms with E-state index in [2.05, 4.69) is 10.3 Å². The van der Waals surface area contributed by atoms with E-state index in [9.17, 15) is 9.59 Å². The zero-order chi connectivity index (χ0) is 18.3. The minimum atomic E-state index is -0.942. The number of nitrogens with zero attached hydrogens (tertiary/aromatic N) is 1. The van der Waals surface area contributed by atoms with Gasteiger partial charge in [-0.05, 0) is 43.7 Å². The van der Waals surface area contributed by atoms with Gasteiger partial charge in [0.05, 0.1) is 12.5 Å². The molecule has 0 bridgehead atoms. The monoisotopic (exact) mass is 347 g/mol. The summed E-state index contributed by atoms with van der Waals surface area (Å²) in [4.78, 5) is 30.1. The predicted molar refractivity (Wildman–Crippen MR) is 102 cm³/mol. The minimum absolute atomic E-state index is 0.0000831. The summed E-state index contributed by atoms with van der Waals surface area (Å²) in [6.45, 7) is 3.59. The highest BCUT2D eigenvalue weighted by Crippen LogP contribution is 2.40. The van der Waals surface area contributed by atoms with Crippen molar-refractivity contribution in [1.82, 2.24) is 9.88 Å². The third-order valence-corrected chi connectivity index (χ3v) is 5.10. The molecule has 5 nitrogen and oxygen atoms in total. The molecule has 1 saturated heterocycles. The number of nitrogens with one attached hydrogen (secondary N) is 2. The molecule has 0 radical (unpaired) electrons. The number of benzene rings is 2. The summed E-state index contributed by atoms with van der Waals surface area (Å²) >= 11 is 0. The van der Waals surface area contributed by atoms with Crippen LogP contribution in [0.1, 0.15) is 31.9 Å². The van der Waals surface area contributed by atoms with E-state index in [1.54, 1.807) is 18.7 Å². The zero-order valence-corrected chi connectivity index (χ0v) is 14.8. The van der Waals surface area contributed by atoms with E-state index in [1.165, 1.54) is 0 Å². The number of carbonyl (C=O) groups is 2. The number of amides is 2. The Labute approximate surface area is 152 Å². The Morgan fingerprint density at radius 1 is 1.15 bits per heavy atom. The van der Waals surface area contributed by atoms with Crippen LogP contribution in [0.2, 0.25) is 0 Å². The van der Waals surface area contributed by atoms with Crippen molar-refractivity contribution in [3.8, 4) is 0 Å². The first kappa shape index (κ1) is 16.4. The van der Waals surface area contributed by atoms with E-state index in [-0.39, 0.29) is 17.9 Å². The fourth-order valence-corrected chi connectivity index (χ4v) is 3.58. The summed E-state index contributed by atoms with van der Waals surface area (Å²) in [6, 6.07) is 17.5. The molecule has 1 aliphatic rings. The molecule has 1 aromatic heterocycles. The van der Waals surface area contributed by atoms with Crippen LogP contribution in [0.25, 0.3) is 10.9 Å². The van der Waals surface area contributed by atoms with Crippen molar-refractivity contribution in [3.05, 3.63) is 66.4 Å². The molecule has 26 heavy (non-hydrogen) atoms. The van der Waals surface area contributed by atoms with E-state index in [1.807, 2.05) is 60.8 Å². The van der Waals surface area contributed by atoms with Gasteiger partial charge in [-0.15, -0.1) is 0 Å². The number of aromatic nitrogens is 1. The third-order valence-electron chi connectivity index (χ3n) is 5.10. The zero-order valence-electron chi connectivity index (χ0n) is 14.8. The molecule has 2 N–H and O–H groups in total. The summed E-state index contributed by atoms with van der Waals surface area (Å²) in [6.07, 6.45) is 2.30. The van der Waals surface area contributed by atoms with Gasteiger partial charge in [0.15, 0.2) is 0 Å². The lowest BCUT2D eigenvalue weighted by Gasteiger charge is -2.49. The van der Waals surface area contributed by atoms with E-state index in [0.717, 1.165) is 22.2 Å². The van der Waals surface area contributed by atoms with Gasteiger partial charge in [0.2, 0.25) is 11.8 Å². The van der Waals surface area contributed by atoms with Gasteiger partial charge in [-0.3, -0.25) is 9.59 Å². The molecular formula is C21H21N3O2. The summed E-state index contributed by atoms with van der Waals surface area (Å²) in [5, 5.41) is 3.99. The molecule has 0 aliphatic carbocycles. The lowest BCUT2D eigenvalue weighted by atomic mass is 9.86. The number of likely N-dealkylation sites (tertiary alicyclic amines) is 1. The lowest BCUT2D eigenvalue weighted by molar-refractivity contribution is -0.160. The summed E-state index contributed by atoms with van der Waals surface area (Å²) in [5.41, 5.74) is 1.86. The smallest absolute Gasteiger partial charge is 0.249 e. The first-order valence-corrected chi connectivity index (χ1v) is 8.72. The van der Waals surface area contributed by atoms with Gasteiger partial charge in [0.25, 0.3) is 0 Å². The van der Waals surface area contributed by atoms with Crippen molar-refractivity contribution >= 4 is 28.4 Å². The average Bonchev–Trinajstić information content (AvgIpc) is 3.07. The Morgan fingerprint density at radius 2 is 1.92 bits per heavy atom. The number of rotatable bonds is 4. The van der Waals surface area contributed by atoms with E-state index in [0.29, 0.717) is 6.42 Å². The van der Waals surface area contributed by atoms with Crippen molar-refractivity contribution < 1.29 is 9.59 Å². The quantitative estimate of drug-likeness (QED) is 0.704. The molecule has 1 atom stereocenters. The molecule has 0 unspecified atom stereocenters. The molecule has 1 fully saturated rings. The van der Waals surface area contributed by atoms with Crippen molar-refractivity contribution in [3.63, 3.8) is 0 Å². The number of hydrogen-bond donors (Lipinski definition) is 2. The van der Waals surface area contributed by atoms with Crippen LogP contribution in [-0.4, -0.2) is 27.2 Å². The van der Waals surface area contributed by atoms with Crippen LogP contribution in [0.15, 0.2) is 60.8 Å². The maximum atomic E-state index is 13.0. The first-order valence-electron chi connectivity index (χ1n) is 8.72. The highest BCUT2D eigenvalue weighted by molar-refractivity contribution is 6.02. The van der Waals surface area contributed by atoms with Crippen LogP contribution >= 0.6 is 0 Å². The highest BCUT2D eigenvalue weighted by atomic mass is 16.2. The number of anilines is 1. The predicted octanol–water partition coefficient (Wildman–Crippen LogP) is 3.86. The van der Waals surface area contributed by atoms with Crippen LogP contribution in [0.4, 0.5) is 5.69 Å². The van der Waals surface area contributed by atoms with Gasteiger partial charge in [-0.25, -0.2) is 0 Å². The summed E-state index contributed by atoms with van der Waals surface area (Å²) in [5.74, 6) is -0.193. The van der Waals surface area contributed by atoms with Crippen LogP contribution < -0.4 is 5.32 Å². The molecular weight excluding hydrogens is 326 g/mol. The molecule has 2 amide bonds. The van der Waals surface area contributed by atoms with Crippen molar-refractivity contribution in [2.24, 2.45) is 0 Å². The minimum Gasteiger partial charge on any atom is -0.361 e. The normalized spacial score (nSPS) is 17.2. The molecule has 3 aromatic rings. The SMILES string of the molecule is CC(C)(C(=O)Nc1ccc2[nH]ccc2c1)N1C(=O)C[C@@H]1c1ccccc1. The Hall–Kier alpha value is -3.08. The van der Waals surface area contributed by atoms with E-state index in [4.69, 9.17) is 0 Å². The van der Waals surface area contributed by atoms with Gasteiger partial charge in [0, 0.05) is 22.8 Å². The van der Waals surface area contributed by atoms with Crippen molar-refractivity contribution in [1.29, 1.82) is 0 Å². The topological polar surface area (TPSA) is 65.2 Å². The van der Waals surface area contributed by atoms with Gasteiger partial charge >= 0.3 is 0 Å². The molecule has 5 heteroatoms. The molecule has 2 aromatic carbocycles. The van der Waals surface area contributed by atoms with Gasteiger partial charge in [-0.1, -0.05) is 30.3 Å². The second-order valence-corrected chi connectivity index (χ2v) is 7.19. The molecule has 1 aliphatic heterocycles. The molecule has 132 valence electrons. The van der Waals surface area contributed by atoms with Gasteiger partial charge in [-0.2, -0.15) is 0 Å². The maximum Gasteiger partial charge on any atom is 0.249 e. The number of fused-ring (bicyclic) bond motifs is 1. The fraction of sp³-hybridized carbons (Fsp3) is 0.238. The van der Waals surface area contributed by atoms with Crippen LogP contribution in [0.5, 0.6) is 0 Å². The first-order chi connectivity index (χ1) is 12.5. The third kappa shape index (κ3) is 2.65. The van der Waals surface area contributed by atoms with Gasteiger partial charge < -0.3 is 15.2 Å². The molecule has 2 heterocycles. The Balaban J connectivity index is 1.56. The largest absolute Gasteiger partial charge is 0.361 e. The van der Waals surface area contributed by atoms with Gasteiger partial charge in [0.1, 0.15) is 5.54 Å². The number of H-pyrrole nitrogens is 1. The number of β-lactam (4-membered cyclic amide) rings is 1.